The molecule has 2 rings (SSSR count). The molecule has 0 aliphatic carbocycles. The number of nitrogens with one attached hydrogen (secondary N) is 1. The van der Waals surface area contributed by atoms with Gasteiger partial charge in [-0.15, -0.1) is 11.3 Å². The third-order valence-electron chi connectivity index (χ3n) is 3.31. The molecule has 1 aliphatic heterocycles. The Labute approximate surface area is 129 Å². The van der Waals surface area contributed by atoms with Crippen molar-refractivity contribution in [2.45, 2.75) is 17.1 Å². The number of nitrogens with two attached hydrogens (primary N) is 1. The standard InChI is InChI=1S/C11H19N3O4S3/c1-20(15,16)13-6-9-3-2-4-14(7-9)21(17,18)11-5-10(12)8-19-11/h5,8-9,13H,2-4,6-7,12H2,1H3. The summed E-state index contributed by atoms with van der Waals surface area (Å²) in [5.41, 5.74) is 6.01. The molecule has 1 aromatic heterocycles. The van der Waals surface area contributed by atoms with Gasteiger partial charge in [0.2, 0.25) is 10.0 Å². The Kier molecular flexibility index (Phi) is 4.93. The molecule has 0 amide bonds. The number of hydrogen-bond acceptors (Lipinski definition) is 6. The van der Waals surface area contributed by atoms with Gasteiger partial charge in [0, 0.05) is 30.7 Å². The van der Waals surface area contributed by atoms with Gasteiger partial charge in [-0.05, 0) is 24.8 Å². The maximum Gasteiger partial charge on any atom is 0.252 e. The minimum Gasteiger partial charge on any atom is -0.398 e. The second kappa shape index (κ2) is 6.21. The molecule has 1 aromatic rings. The maximum atomic E-state index is 12.5. The highest BCUT2D eigenvalue weighted by Crippen LogP contribution is 2.28. The van der Waals surface area contributed by atoms with Gasteiger partial charge in [-0.1, -0.05) is 0 Å². The summed E-state index contributed by atoms with van der Waals surface area (Å²) in [6.07, 6.45) is 2.62. The van der Waals surface area contributed by atoms with Gasteiger partial charge in [0.1, 0.15) is 4.21 Å². The number of hydrogen-bond donors (Lipinski definition) is 2. The molecule has 2 heterocycles. The van der Waals surface area contributed by atoms with E-state index in [1.807, 2.05) is 0 Å². The SMILES string of the molecule is CS(=O)(=O)NCC1CCCN(S(=O)(=O)c2cc(N)cs2)C1. The molecule has 10 heteroatoms. The van der Waals surface area contributed by atoms with Crippen LogP contribution in [0.3, 0.4) is 0 Å². The lowest BCUT2D eigenvalue weighted by atomic mass is 10.0. The van der Waals surface area contributed by atoms with Crippen molar-refractivity contribution in [2.24, 2.45) is 5.92 Å². The van der Waals surface area contributed by atoms with Crippen LogP contribution in [0.4, 0.5) is 5.69 Å². The average Bonchev–Trinajstić information content (AvgIpc) is 2.83. The van der Waals surface area contributed by atoms with E-state index in [0.717, 1.165) is 30.4 Å². The van der Waals surface area contributed by atoms with Gasteiger partial charge in [-0.3, -0.25) is 0 Å². The van der Waals surface area contributed by atoms with E-state index >= 15 is 0 Å². The Hall–Kier alpha value is -0.680. The van der Waals surface area contributed by atoms with Crippen LogP contribution in [0.5, 0.6) is 0 Å². The largest absolute Gasteiger partial charge is 0.398 e. The number of nitrogens with zero attached hydrogens (tertiary/aromatic N) is 1. The molecular formula is C11H19N3O4S3. The predicted octanol–water partition coefficient (Wildman–Crippen LogP) is 0.280. The first kappa shape index (κ1) is 16.7. The molecule has 3 N–H and O–H groups in total. The monoisotopic (exact) mass is 353 g/mol. The van der Waals surface area contributed by atoms with E-state index in [1.54, 1.807) is 5.38 Å². The Morgan fingerprint density at radius 1 is 1.43 bits per heavy atom. The summed E-state index contributed by atoms with van der Waals surface area (Å²) in [4.78, 5) is 0. The molecular weight excluding hydrogens is 334 g/mol. The number of rotatable bonds is 5. The van der Waals surface area contributed by atoms with Crippen molar-refractivity contribution in [3.63, 3.8) is 0 Å². The van der Waals surface area contributed by atoms with Crippen molar-refractivity contribution in [1.82, 2.24) is 9.03 Å². The summed E-state index contributed by atoms with van der Waals surface area (Å²) in [5.74, 6) is -0.0134. The highest BCUT2D eigenvalue weighted by Gasteiger charge is 2.31. The molecule has 0 bridgehead atoms. The third kappa shape index (κ3) is 4.39. The molecule has 0 radical (unpaired) electrons. The van der Waals surface area contributed by atoms with Crippen molar-refractivity contribution < 1.29 is 16.8 Å². The number of sulfonamides is 2. The minimum atomic E-state index is -3.53. The molecule has 21 heavy (non-hydrogen) atoms. The van der Waals surface area contributed by atoms with Crippen LogP contribution in [-0.4, -0.2) is 47.0 Å². The van der Waals surface area contributed by atoms with Crippen molar-refractivity contribution in [2.75, 3.05) is 31.6 Å². The van der Waals surface area contributed by atoms with Crippen molar-refractivity contribution >= 4 is 37.1 Å². The Balaban J connectivity index is 2.07. The van der Waals surface area contributed by atoms with Crippen LogP contribution in [0, 0.1) is 5.92 Å². The zero-order valence-corrected chi connectivity index (χ0v) is 14.1. The first-order chi connectivity index (χ1) is 9.68. The van der Waals surface area contributed by atoms with Crippen LogP contribution in [-0.2, 0) is 20.0 Å². The summed E-state index contributed by atoms with van der Waals surface area (Å²) in [5, 5.41) is 1.60. The molecule has 1 unspecified atom stereocenters. The highest BCUT2D eigenvalue weighted by molar-refractivity contribution is 7.91. The molecule has 1 saturated heterocycles. The lowest BCUT2D eigenvalue weighted by molar-refractivity contribution is 0.268. The molecule has 1 aliphatic rings. The molecule has 1 atom stereocenters. The molecule has 7 nitrogen and oxygen atoms in total. The zero-order chi connectivity index (χ0) is 15.7. The maximum absolute atomic E-state index is 12.5. The first-order valence-electron chi connectivity index (χ1n) is 6.47. The van der Waals surface area contributed by atoms with Crippen LogP contribution in [0.1, 0.15) is 12.8 Å². The Morgan fingerprint density at radius 3 is 2.71 bits per heavy atom. The minimum absolute atomic E-state index is 0.0134. The molecule has 120 valence electrons. The van der Waals surface area contributed by atoms with E-state index in [-0.39, 0.29) is 16.7 Å². The summed E-state index contributed by atoms with van der Waals surface area (Å²) >= 11 is 1.10. The predicted molar refractivity (Wildman–Crippen MR) is 83.1 cm³/mol. The lowest BCUT2D eigenvalue weighted by Gasteiger charge is -2.31. The van der Waals surface area contributed by atoms with Crippen LogP contribution < -0.4 is 10.5 Å². The summed E-state index contributed by atoms with van der Waals surface area (Å²) in [6, 6.07) is 1.46. The Morgan fingerprint density at radius 2 is 2.14 bits per heavy atom. The summed E-state index contributed by atoms with van der Waals surface area (Å²) in [6.45, 7) is 1.04. The van der Waals surface area contributed by atoms with Gasteiger partial charge in [0.15, 0.2) is 0 Å². The van der Waals surface area contributed by atoms with Crippen molar-refractivity contribution in [3.8, 4) is 0 Å². The fourth-order valence-electron chi connectivity index (χ4n) is 2.27. The third-order valence-corrected chi connectivity index (χ3v) is 7.30. The van der Waals surface area contributed by atoms with E-state index in [1.165, 1.54) is 10.4 Å². The van der Waals surface area contributed by atoms with E-state index in [4.69, 9.17) is 5.73 Å². The van der Waals surface area contributed by atoms with Crippen LogP contribution in [0.15, 0.2) is 15.7 Å². The van der Waals surface area contributed by atoms with Crippen LogP contribution in [0.25, 0.3) is 0 Å². The van der Waals surface area contributed by atoms with Gasteiger partial charge in [-0.2, -0.15) is 4.31 Å². The highest BCUT2D eigenvalue weighted by atomic mass is 32.2. The van der Waals surface area contributed by atoms with E-state index in [9.17, 15) is 16.8 Å². The van der Waals surface area contributed by atoms with Gasteiger partial charge in [0.05, 0.1) is 6.26 Å². The average molecular weight is 353 g/mol. The number of piperidine rings is 1. The summed E-state index contributed by atoms with van der Waals surface area (Å²) < 4.78 is 51.3. The van der Waals surface area contributed by atoms with Gasteiger partial charge in [-0.25, -0.2) is 21.6 Å². The fourth-order valence-corrected chi connectivity index (χ4v) is 5.60. The van der Waals surface area contributed by atoms with Crippen molar-refractivity contribution in [3.05, 3.63) is 11.4 Å². The smallest absolute Gasteiger partial charge is 0.252 e. The van der Waals surface area contributed by atoms with Gasteiger partial charge in [0.25, 0.3) is 10.0 Å². The topological polar surface area (TPSA) is 110 Å². The first-order valence-corrected chi connectivity index (χ1v) is 10.7. The second-order valence-corrected chi connectivity index (χ2v) is 10.1. The van der Waals surface area contributed by atoms with E-state index in [0.29, 0.717) is 18.8 Å². The molecule has 0 spiro atoms. The quantitative estimate of drug-likeness (QED) is 0.790. The number of nitrogen functional groups attached to an aromatic ring is 1. The molecule has 0 saturated carbocycles. The normalized spacial score (nSPS) is 21.5. The zero-order valence-electron chi connectivity index (χ0n) is 11.6. The molecule has 1 fully saturated rings. The van der Waals surface area contributed by atoms with Gasteiger partial charge >= 0.3 is 0 Å². The van der Waals surface area contributed by atoms with Crippen molar-refractivity contribution in [1.29, 1.82) is 0 Å². The molecule has 0 aromatic carbocycles. The van der Waals surface area contributed by atoms with E-state index < -0.39 is 20.0 Å². The summed E-state index contributed by atoms with van der Waals surface area (Å²) in [7, 11) is -6.79. The van der Waals surface area contributed by atoms with Crippen LogP contribution in [0.2, 0.25) is 0 Å². The fraction of sp³-hybridized carbons (Fsp3) is 0.636. The van der Waals surface area contributed by atoms with Gasteiger partial charge < -0.3 is 5.73 Å². The number of anilines is 1. The number of thiophene rings is 1. The second-order valence-electron chi connectivity index (χ2n) is 5.19. The lowest BCUT2D eigenvalue weighted by Crippen LogP contribution is -2.43. The van der Waals surface area contributed by atoms with Crippen LogP contribution >= 0.6 is 11.3 Å². The Bertz CT molecular complexity index is 696. The van der Waals surface area contributed by atoms with E-state index in [2.05, 4.69) is 4.72 Å².